The minimum Gasteiger partial charge on any atom is -0.481 e. The van der Waals surface area contributed by atoms with E-state index in [2.05, 4.69) is 20.8 Å². The van der Waals surface area contributed by atoms with Crippen LogP contribution in [0.2, 0.25) is 12.6 Å². The molecule has 0 saturated heterocycles. The van der Waals surface area contributed by atoms with Gasteiger partial charge >= 0.3 is 5.97 Å². The maximum atomic E-state index is 11.2. The van der Waals surface area contributed by atoms with Crippen LogP contribution in [0, 0.1) is 5.41 Å². The molecule has 5 heteroatoms. The normalized spacial score (nSPS) is 16.3. The first-order valence-electron chi connectivity index (χ1n) is 7.23. The molecule has 0 spiro atoms. The third-order valence-electron chi connectivity index (χ3n) is 3.53. The van der Waals surface area contributed by atoms with Crippen LogP contribution in [0.15, 0.2) is 24.3 Å². The third kappa shape index (κ3) is 5.26. The SMILES string of the molecule is CC(C)(C)C[Si](C)(O)c1ccc(C(CCO)C(=O)O)cc1. The van der Waals surface area contributed by atoms with Crippen LogP contribution < -0.4 is 5.19 Å². The molecule has 0 heterocycles. The Morgan fingerprint density at radius 1 is 1.24 bits per heavy atom. The predicted octanol–water partition coefficient (Wildman–Crippen LogP) is 2.06. The zero-order chi connectivity index (χ0) is 16.3. The van der Waals surface area contributed by atoms with Crippen LogP contribution in [0.1, 0.15) is 38.7 Å². The van der Waals surface area contributed by atoms with Crippen molar-refractivity contribution in [1.29, 1.82) is 0 Å². The van der Waals surface area contributed by atoms with Crippen molar-refractivity contribution in [3.8, 4) is 0 Å². The molecule has 3 N–H and O–H groups in total. The lowest BCUT2D eigenvalue weighted by Crippen LogP contribution is -2.47. The molecule has 0 bridgehead atoms. The molecule has 2 atom stereocenters. The molecule has 1 aromatic rings. The average molecular weight is 310 g/mol. The zero-order valence-corrected chi connectivity index (χ0v) is 14.3. The van der Waals surface area contributed by atoms with Crippen LogP contribution in [0.5, 0.6) is 0 Å². The summed E-state index contributed by atoms with van der Waals surface area (Å²) in [5, 5.41) is 19.1. The van der Waals surface area contributed by atoms with Crippen molar-refractivity contribution in [2.75, 3.05) is 6.61 Å². The second kappa shape index (κ2) is 6.73. The van der Waals surface area contributed by atoms with Crippen LogP contribution in [0.3, 0.4) is 0 Å². The van der Waals surface area contributed by atoms with Crippen LogP contribution in [0.4, 0.5) is 0 Å². The molecule has 1 aromatic carbocycles. The van der Waals surface area contributed by atoms with E-state index in [0.717, 1.165) is 11.2 Å². The Morgan fingerprint density at radius 2 is 1.76 bits per heavy atom. The van der Waals surface area contributed by atoms with Crippen molar-refractivity contribution in [3.05, 3.63) is 29.8 Å². The van der Waals surface area contributed by atoms with Gasteiger partial charge in [-0.3, -0.25) is 4.79 Å². The van der Waals surface area contributed by atoms with Crippen molar-refractivity contribution in [3.63, 3.8) is 0 Å². The summed E-state index contributed by atoms with van der Waals surface area (Å²) in [7, 11) is -2.52. The number of benzene rings is 1. The van der Waals surface area contributed by atoms with Gasteiger partial charge < -0.3 is 15.0 Å². The monoisotopic (exact) mass is 310 g/mol. The Morgan fingerprint density at radius 3 is 2.14 bits per heavy atom. The van der Waals surface area contributed by atoms with Crippen molar-refractivity contribution >= 4 is 19.5 Å². The van der Waals surface area contributed by atoms with Gasteiger partial charge in [0, 0.05) is 6.61 Å². The lowest BCUT2D eigenvalue weighted by Gasteiger charge is -2.29. The van der Waals surface area contributed by atoms with Gasteiger partial charge in [-0.25, -0.2) is 0 Å². The van der Waals surface area contributed by atoms with E-state index in [4.69, 9.17) is 5.11 Å². The number of aliphatic carboxylic acids is 1. The van der Waals surface area contributed by atoms with E-state index >= 15 is 0 Å². The smallest absolute Gasteiger partial charge is 0.311 e. The Kier molecular flexibility index (Phi) is 5.73. The third-order valence-corrected chi connectivity index (χ3v) is 6.85. The predicted molar refractivity (Wildman–Crippen MR) is 86.3 cm³/mol. The highest BCUT2D eigenvalue weighted by Gasteiger charge is 2.33. The standard InChI is InChI=1S/C16H26O4Si/c1-16(2,3)11-21(4,20)13-7-5-12(6-8-13)14(9-10-17)15(18)19/h5-8,14,17,20H,9-11H2,1-4H3,(H,18,19). The lowest BCUT2D eigenvalue weighted by atomic mass is 9.96. The number of hydrogen-bond acceptors (Lipinski definition) is 3. The van der Waals surface area contributed by atoms with Gasteiger partial charge in [0.15, 0.2) is 0 Å². The molecular weight excluding hydrogens is 284 g/mol. The largest absolute Gasteiger partial charge is 0.481 e. The maximum Gasteiger partial charge on any atom is 0.311 e. The van der Waals surface area contributed by atoms with Gasteiger partial charge in [0.2, 0.25) is 8.32 Å². The van der Waals surface area contributed by atoms with E-state index in [1.807, 2.05) is 18.7 Å². The quantitative estimate of drug-likeness (QED) is 0.703. The first kappa shape index (κ1) is 17.9. The molecule has 0 aliphatic heterocycles. The van der Waals surface area contributed by atoms with E-state index in [-0.39, 0.29) is 18.4 Å². The molecule has 1 rings (SSSR count). The summed E-state index contributed by atoms with van der Waals surface area (Å²) in [6, 6.07) is 7.93. The molecule has 0 saturated carbocycles. The fourth-order valence-corrected chi connectivity index (χ4v) is 5.93. The summed E-state index contributed by atoms with van der Waals surface area (Å²) in [6.45, 7) is 8.06. The first-order chi connectivity index (χ1) is 9.57. The Labute approximate surface area is 127 Å². The summed E-state index contributed by atoms with van der Waals surface area (Å²) < 4.78 is 0. The van der Waals surface area contributed by atoms with Crippen molar-refractivity contribution in [1.82, 2.24) is 0 Å². The van der Waals surface area contributed by atoms with Crippen molar-refractivity contribution < 1.29 is 19.8 Å². The minimum atomic E-state index is -2.52. The summed E-state index contributed by atoms with van der Waals surface area (Å²) in [4.78, 5) is 22.0. The van der Waals surface area contributed by atoms with E-state index < -0.39 is 20.2 Å². The molecule has 0 amide bonds. The van der Waals surface area contributed by atoms with E-state index in [9.17, 15) is 14.7 Å². The number of hydrogen-bond donors (Lipinski definition) is 3. The molecule has 118 valence electrons. The number of aliphatic hydroxyl groups excluding tert-OH is 1. The highest BCUT2D eigenvalue weighted by atomic mass is 28.4. The average Bonchev–Trinajstić information content (AvgIpc) is 2.33. The van der Waals surface area contributed by atoms with Crippen LogP contribution in [-0.4, -0.2) is 35.9 Å². The Hall–Kier alpha value is -1.17. The van der Waals surface area contributed by atoms with E-state index in [0.29, 0.717) is 5.56 Å². The van der Waals surface area contributed by atoms with Crippen LogP contribution >= 0.6 is 0 Å². The molecule has 2 unspecified atom stereocenters. The van der Waals surface area contributed by atoms with Gasteiger partial charge in [-0.15, -0.1) is 0 Å². The Bertz CT molecular complexity index is 474. The first-order valence-corrected chi connectivity index (χ1v) is 9.89. The van der Waals surface area contributed by atoms with Crippen LogP contribution in [0.25, 0.3) is 0 Å². The second-order valence-electron chi connectivity index (χ2n) is 7.04. The summed E-state index contributed by atoms with van der Waals surface area (Å²) >= 11 is 0. The Balaban J connectivity index is 2.98. The van der Waals surface area contributed by atoms with Crippen LogP contribution in [-0.2, 0) is 4.79 Å². The number of carbonyl (C=O) groups is 1. The molecule has 0 aromatic heterocycles. The molecule has 0 radical (unpaired) electrons. The van der Waals surface area contributed by atoms with E-state index in [1.54, 1.807) is 12.1 Å². The van der Waals surface area contributed by atoms with Crippen molar-refractivity contribution in [2.24, 2.45) is 5.41 Å². The van der Waals surface area contributed by atoms with Gasteiger partial charge in [0.1, 0.15) is 0 Å². The molecule has 0 aliphatic rings. The van der Waals surface area contributed by atoms with Gasteiger partial charge in [-0.2, -0.15) is 0 Å². The number of carboxylic acid groups (broad SMARTS) is 1. The summed E-state index contributed by atoms with van der Waals surface area (Å²) in [5.41, 5.74) is 0.718. The van der Waals surface area contributed by atoms with E-state index in [1.165, 1.54) is 0 Å². The fourth-order valence-electron chi connectivity index (χ4n) is 2.77. The second-order valence-corrected chi connectivity index (χ2v) is 10.5. The number of aliphatic hydroxyl groups is 1. The summed E-state index contributed by atoms with van der Waals surface area (Å²) in [5.74, 6) is -1.63. The number of carboxylic acids is 1. The topological polar surface area (TPSA) is 77.8 Å². The highest BCUT2D eigenvalue weighted by Crippen LogP contribution is 2.26. The zero-order valence-electron chi connectivity index (χ0n) is 13.3. The molecule has 4 nitrogen and oxygen atoms in total. The van der Waals surface area contributed by atoms with Gasteiger partial charge in [-0.05, 0) is 35.2 Å². The van der Waals surface area contributed by atoms with Gasteiger partial charge in [-0.1, -0.05) is 45.0 Å². The lowest BCUT2D eigenvalue weighted by molar-refractivity contribution is -0.139. The summed E-state index contributed by atoms with van der Waals surface area (Å²) in [6.07, 6.45) is 0.199. The minimum absolute atomic E-state index is 0.0505. The maximum absolute atomic E-state index is 11.2. The highest BCUT2D eigenvalue weighted by molar-refractivity contribution is 6.84. The molecule has 0 fully saturated rings. The molecule has 21 heavy (non-hydrogen) atoms. The van der Waals surface area contributed by atoms with Gasteiger partial charge in [0.25, 0.3) is 0 Å². The van der Waals surface area contributed by atoms with Gasteiger partial charge in [0.05, 0.1) is 5.92 Å². The molecule has 0 aliphatic carbocycles. The van der Waals surface area contributed by atoms with Crippen molar-refractivity contribution in [2.45, 2.75) is 45.7 Å². The number of rotatable bonds is 6. The molecular formula is C16H26O4Si. The fraction of sp³-hybridized carbons (Fsp3) is 0.562.